The lowest BCUT2D eigenvalue weighted by molar-refractivity contribution is -0.132. The molecule has 0 amide bonds. The zero-order chi connectivity index (χ0) is 49.9. The maximum absolute atomic E-state index is 11.4. The Labute approximate surface area is 442 Å². The molecule has 0 saturated carbocycles. The third-order valence-corrected chi connectivity index (χ3v) is 18.0. The number of imidazole rings is 2. The molecule has 0 radical (unpaired) electrons. The van der Waals surface area contributed by atoms with Crippen LogP contribution in [0.1, 0.15) is 135 Å². The summed E-state index contributed by atoms with van der Waals surface area (Å²) in [5.41, 5.74) is 8.98. The maximum Gasteiger partial charge on any atom is 0.346 e. The van der Waals surface area contributed by atoms with Crippen molar-refractivity contribution in [1.29, 1.82) is 5.26 Å². The number of carboxylic acids is 1. The number of aromatic nitrogens is 4. The molecule has 0 atom stereocenters. The number of fused-ring (bicyclic) bond motifs is 3. The third-order valence-electron chi connectivity index (χ3n) is 13.6. The summed E-state index contributed by atoms with van der Waals surface area (Å²) in [4.78, 5) is 18.0. The summed E-state index contributed by atoms with van der Waals surface area (Å²) in [5, 5.41) is 18.6. The number of benzene rings is 3. The van der Waals surface area contributed by atoms with E-state index in [0.29, 0.717) is 0 Å². The fourth-order valence-electron chi connectivity index (χ4n) is 9.71. The highest BCUT2D eigenvalue weighted by Gasteiger charge is 2.21. The molecule has 0 saturated heterocycles. The first-order chi connectivity index (χ1) is 34.7. The number of hydrogen-bond donors (Lipinski definition) is 1. The van der Waals surface area contributed by atoms with Gasteiger partial charge in [-0.05, 0) is 135 Å². The van der Waals surface area contributed by atoms with E-state index in [1.54, 1.807) is 28.7 Å². The second kappa shape index (κ2) is 25.0. The zero-order valence-corrected chi connectivity index (χ0v) is 46.0. The van der Waals surface area contributed by atoms with Crippen molar-refractivity contribution in [1.82, 2.24) is 18.3 Å². The molecule has 8 nitrogen and oxygen atoms in total. The number of aryl methyl sites for hydroxylation is 4. The molecule has 0 unspecified atom stereocenters. The van der Waals surface area contributed by atoms with Gasteiger partial charge in [0.25, 0.3) is 0 Å². The average Bonchev–Trinajstić information content (AvgIpc) is 4.20. The Bertz CT molecular complexity index is 3120. The average molecular weight is 1040 g/mol. The van der Waals surface area contributed by atoms with Gasteiger partial charge in [0.05, 0.1) is 22.1 Å². The molecule has 0 aliphatic carbocycles. The Hall–Kier alpha value is -5.10. The topological polar surface area (TPSA) is 84.1 Å². The van der Waals surface area contributed by atoms with Gasteiger partial charge in [-0.3, -0.25) is 0 Å². The largest absolute Gasteiger partial charge is 0.477 e. The molecule has 1 N–H and O–H groups in total. The van der Waals surface area contributed by atoms with E-state index >= 15 is 0 Å². The maximum atomic E-state index is 11.4. The van der Waals surface area contributed by atoms with Crippen LogP contribution in [-0.4, -0.2) is 29.3 Å². The van der Waals surface area contributed by atoms with Gasteiger partial charge in [0.2, 0.25) is 0 Å². The molecular weight excluding hydrogens is 973 g/mol. The van der Waals surface area contributed by atoms with Crippen LogP contribution < -0.4 is 4.90 Å². The number of aliphatic carboxylic acids is 1. The standard InChI is InChI=1S/C58H68N6O2S5/c1-5-9-13-17-31-60-47-28-25-44(36-49(47)62(57(60)67)33-19-15-11-7-3)64(45-26-29-48-50(37-45)63(34-20-16-12-8-4)58(68)61(48)32-18-14-10-6-2)43-23-21-41(22-24-43)52-38-54-55(70-52)39-53(71-54)51-30-27-46(69-51)35-42(40-59)56(65)66/h21-30,35-39H,5-20,31-34H2,1-4H3,(H,65,66)/b42-35+. The van der Waals surface area contributed by atoms with Crippen LogP contribution in [0.25, 0.3) is 57.7 Å². The van der Waals surface area contributed by atoms with E-state index in [4.69, 9.17) is 24.4 Å². The molecule has 8 rings (SSSR count). The van der Waals surface area contributed by atoms with E-state index in [1.165, 1.54) is 131 Å². The summed E-state index contributed by atoms with van der Waals surface area (Å²) in [6, 6.07) is 33.2. The number of hydrogen-bond acceptors (Lipinski definition) is 8. The Morgan fingerprint density at radius 3 is 1.42 bits per heavy atom. The van der Waals surface area contributed by atoms with Gasteiger partial charge in [-0.25, -0.2) is 4.79 Å². The van der Waals surface area contributed by atoms with E-state index in [1.807, 2.05) is 12.1 Å². The van der Waals surface area contributed by atoms with Crippen molar-refractivity contribution in [3.8, 4) is 26.3 Å². The van der Waals surface area contributed by atoms with Crippen LogP contribution in [0.15, 0.2) is 90.5 Å². The van der Waals surface area contributed by atoms with E-state index in [-0.39, 0.29) is 5.57 Å². The summed E-state index contributed by atoms with van der Waals surface area (Å²) in [7, 11) is 0. The van der Waals surface area contributed by atoms with Gasteiger partial charge in [-0.15, -0.1) is 34.0 Å². The van der Waals surface area contributed by atoms with Gasteiger partial charge in [0.15, 0.2) is 9.54 Å². The SMILES string of the molecule is CCCCCCn1c(=S)n(CCCCCC)c2cc(N(c3ccc(-c4cc5sc(-c6ccc(/C=C(\C#N)C(=O)O)s6)cc5s4)cc3)c3ccc4c(c3)n(CCCCCC)c(=S)n4CCCCCC)ccc21. The summed E-state index contributed by atoms with van der Waals surface area (Å²) in [6.07, 6.45) is 20.5. The number of rotatable bonds is 27. The number of nitrogens with zero attached hydrogens (tertiary/aromatic N) is 6. The molecule has 0 aliphatic rings. The van der Waals surface area contributed by atoms with Crippen LogP contribution in [0.3, 0.4) is 0 Å². The number of unbranched alkanes of at least 4 members (excludes halogenated alkanes) is 12. The van der Waals surface area contributed by atoms with Gasteiger partial charge >= 0.3 is 5.97 Å². The molecule has 5 heterocycles. The lowest BCUT2D eigenvalue weighted by atomic mass is 10.1. The van der Waals surface area contributed by atoms with Gasteiger partial charge in [-0.1, -0.05) is 117 Å². The van der Waals surface area contributed by atoms with Crippen molar-refractivity contribution in [2.45, 2.75) is 157 Å². The zero-order valence-electron chi connectivity index (χ0n) is 41.9. The first kappa shape index (κ1) is 52.2. The minimum atomic E-state index is -1.21. The van der Waals surface area contributed by atoms with E-state index < -0.39 is 5.97 Å². The number of carbonyl (C=O) groups is 1. The summed E-state index contributed by atoms with van der Waals surface area (Å²) < 4.78 is 13.9. The molecule has 3 aromatic carbocycles. The Morgan fingerprint density at radius 2 is 0.972 bits per heavy atom. The van der Waals surface area contributed by atoms with Crippen LogP contribution in [0, 0.1) is 20.9 Å². The van der Waals surface area contributed by atoms with Crippen molar-refractivity contribution in [3.63, 3.8) is 0 Å². The summed E-state index contributed by atoms with van der Waals surface area (Å²) in [6.45, 7) is 12.8. The molecule has 372 valence electrons. The van der Waals surface area contributed by atoms with Gasteiger partial charge in [-0.2, -0.15) is 5.26 Å². The molecule has 0 aliphatic heterocycles. The minimum absolute atomic E-state index is 0.266. The lowest BCUT2D eigenvalue weighted by Gasteiger charge is -2.26. The van der Waals surface area contributed by atoms with E-state index in [2.05, 4.69) is 124 Å². The number of carboxylic acid groups (broad SMARTS) is 1. The first-order valence-corrected chi connectivity index (χ1v) is 29.3. The Balaban J connectivity index is 1.20. The Kier molecular flexibility index (Phi) is 18.4. The summed E-state index contributed by atoms with van der Waals surface area (Å²) >= 11 is 17.7. The highest BCUT2D eigenvalue weighted by Crippen LogP contribution is 2.45. The molecule has 13 heteroatoms. The van der Waals surface area contributed by atoms with Crippen molar-refractivity contribution in [3.05, 3.63) is 105 Å². The van der Waals surface area contributed by atoms with Gasteiger partial charge in [0, 0.05) is 72.1 Å². The number of thiophene rings is 3. The summed E-state index contributed by atoms with van der Waals surface area (Å²) in [5.74, 6) is -1.21. The fourth-order valence-corrected chi connectivity index (χ4v) is 13.9. The third kappa shape index (κ3) is 12.1. The lowest BCUT2D eigenvalue weighted by Crippen LogP contribution is -2.10. The van der Waals surface area contributed by atoms with E-state index in [0.717, 1.165) is 98.7 Å². The molecule has 0 fully saturated rings. The van der Waals surface area contributed by atoms with Crippen LogP contribution in [0.4, 0.5) is 17.1 Å². The molecule has 71 heavy (non-hydrogen) atoms. The molecule has 0 spiro atoms. The van der Waals surface area contributed by atoms with Gasteiger partial charge < -0.3 is 28.3 Å². The highest BCUT2D eigenvalue weighted by atomic mass is 32.1. The molecule has 8 aromatic rings. The van der Waals surface area contributed by atoms with Crippen molar-refractivity contribution >= 4 is 119 Å². The second-order valence-corrected chi connectivity index (χ2v) is 22.8. The molecule has 0 bridgehead atoms. The van der Waals surface area contributed by atoms with E-state index in [9.17, 15) is 15.2 Å². The molecular formula is C58H68N6O2S5. The van der Waals surface area contributed by atoms with Crippen LogP contribution in [-0.2, 0) is 31.0 Å². The predicted octanol–water partition coefficient (Wildman–Crippen LogP) is 19.1. The van der Waals surface area contributed by atoms with Crippen LogP contribution in [0.5, 0.6) is 0 Å². The fraction of sp³-hybridized carbons (Fsp3) is 0.414. The second-order valence-electron chi connectivity index (χ2n) is 18.8. The van der Waals surface area contributed by atoms with Crippen molar-refractivity contribution < 1.29 is 9.90 Å². The van der Waals surface area contributed by atoms with Crippen LogP contribution >= 0.6 is 58.4 Å². The smallest absolute Gasteiger partial charge is 0.346 e. The number of anilines is 3. The minimum Gasteiger partial charge on any atom is -0.477 e. The Morgan fingerprint density at radius 1 is 0.535 bits per heavy atom. The highest BCUT2D eigenvalue weighted by molar-refractivity contribution is 7.71. The quantitative estimate of drug-likeness (QED) is 0.0239. The predicted molar refractivity (Wildman–Crippen MR) is 310 cm³/mol. The van der Waals surface area contributed by atoms with Crippen LogP contribution in [0.2, 0.25) is 0 Å². The monoisotopic (exact) mass is 1040 g/mol. The first-order valence-electron chi connectivity index (χ1n) is 26.0. The normalized spacial score (nSPS) is 12.0. The van der Waals surface area contributed by atoms with Crippen molar-refractivity contribution in [2.24, 2.45) is 0 Å². The van der Waals surface area contributed by atoms with Crippen molar-refractivity contribution in [2.75, 3.05) is 4.90 Å². The van der Waals surface area contributed by atoms with Gasteiger partial charge in [0.1, 0.15) is 11.6 Å². The molecule has 5 aromatic heterocycles. The number of nitriles is 1.